The summed E-state index contributed by atoms with van der Waals surface area (Å²) in [5.41, 5.74) is 5.07. The summed E-state index contributed by atoms with van der Waals surface area (Å²) in [6.45, 7) is 9.95. The number of nitrogens with zero attached hydrogens (tertiary/aromatic N) is 4. The van der Waals surface area contributed by atoms with Crippen LogP contribution in [0.1, 0.15) is 44.8 Å². The number of aryl methyl sites for hydroxylation is 4. The second-order valence-corrected chi connectivity index (χ2v) is 13.2. The fraction of sp³-hybridized carbons (Fsp3) is 0.267. The molecule has 0 amide bonds. The molecule has 4 rings (SSSR count). The van der Waals surface area contributed by atoms with Crippen LogP contribution in [0.5, 0.6) is 0 Å². The van der Waals surface area contributed by atoms with E-state index in [1.807, 2.05) is 13.8 Å². The average molecular weight is 727 g/mol. The van der Waals surface area contributed by atoms with E-state index in [-0.39, 0.29) is 33.7 Å². The first-order valence-corrected chi connectivity index (χ1v) is 17.0. The van der Waals surface area contributed by atoms with Gasteiger partial charge in [-0.15, -0.1) is 11.6 Å². The Balaban J connectivity index is 0.000000321. The molecule has 0 saturated heterocycles. The molecule has 0 aliphatic carbocycles. The quantitative estimate of drug-likeness (QED) is 0.0904. The van der Waals surface area contributed by atoms with E-state index in [4.69, 9.17) is 25.8 Å². The van der Waals surface area contributed by atoms with Gasteiger partial charge in [-0.2, -0.15) is 16.8 Å². The van der Waals surface area contributed by atoms with Gasteiger partial charge in [-0.1, -0.05) is 35.4 Å². The summed E-state index contributed by atoms with van der Waals surface area (Å²) in [4.78, 5) is 28.2. The Morgan fingerprint density at radius 3 is 1.23 bits per heavy atom. The van der Waals surface area contributed by atoms with Crippen molar-refractivity contribution in [1.82, 2.24) is 9.97 Å². The summed E-state index contributed by atoms with van der Waals surface area (Å²) in [7, 11) is -8.04. The number of aliphatic hydroxyl groups is 1. The Hall–Kier alpha value is -4.39. The largest absolute Gasteiger partial charge is 0.390 e. The van der Waals surface area contributed by atoms with Crippen molar-refractivity contribution in [2.45, 2.75) is 63.8 Å². The number of alkyl halides is 1. The van der Waals surface area contributed by atoms with Crippen LogP contribution >= 0.6 is 11.6 Å². The Labute approximate surface area is 283 Å². The number of pyridine rings is 2. The Morgan fingerprint density at radius 1 is 0.646 bits per heavy atom. The van der Waals surface area contributed by atoms with E-state index in [0.29, 0.717) is 33.6 Å². The predicted octanol–water partition coefficient (Wildman–Crippen LogP) is 5.93. The molecule has 18 heteroatoms. The predicted molar refractivity (Wildman–Crippen MR) is 178 cm³/mol. The van der Waals surface area contributed by atoms with Crippen LogP contribution < -0.4 is 0 Å². The molecule has 0 radical (unpaired) electrons. The first-order chi connectivity index (χ1) is 22.1. The number of rotatable bonds is 6. The Kier molecular flexibility index (Phi) is 15.8. The van der Waals surface area contributed by atoms with E-state index >= 15 is 0 Å². The van der Waals surface area contributed by atoms with Crippen molar-refractivity contribution in [3.05, 3.63) is 126 Å². The van der Waals surface area contributed by atoms with Crippen LogP contribution in [0.3, 0.4) is 0 Å². The van der Waals surface area contributed by atoms with Gasteiger partial charge in [-0.05, 0) is 65.8 Å². The summed E-state index contributed by atoms with van der Waals surface area (Å²) < 4.78 is 59.1. The minimum absolute atomic E-state index is 0.0408. The van der Waals surface area contributed by atoms with Crippen LogP contribution in [0.25, 0.3) is 0 Å². The molecule has 48 heavy (non-hydrogen) atoms. The van der Waals surface area contributed by atoms with Crippen molar-refractivity contribution in [3.63, 3.8) is 0 Å². The van der Waals surface area contributed by atoms with Crippen molar-refractivity contribution < 1.29 is 40.9 Å². The molecule has 2 aromatic heterocycles. The molecular formula is C30H35ClN4O11S2. The third-order valence-corrected chi connectivity index (χ3v) is 8.42. The lowest BCUT2D eigenvalue weighted by molar-refractivity contribution is -0.386. The van der Waals surface area contributed by atoms with Gasteiger partial charge in [0, 0.05) is 29.1 Å². The Morgan fingerprint density at radius 2 is 0.958 bits per heavy atom. The molecule has 0 aliphatic heterocycles. The van der Waals surface area contributed by atoms with Crippen LogP contribution in [-0.2, 0) is 32.7 Å². The number of hydrogen-bond acceptors (Lipinski definition) is 11. The number of aliphatic hydroxyl groups excluding tert-OH is 1. The molecule has 0 fully saturated rings. The van der Waals surface area contributed by atoms with E-state index < -0.39 is 30.1 Å². The minimum atomic E-state index is -4.02. The van der Waals surface area contributed by atoms with Crippen LogP contribution in [0.4, 0.5) is 11.4 Å². The number of halogens is 1. The highest BCUT2D eigenvalue weighted by Gasteiger charge is 2.18. The monoisotopic (exact) mass is 726 g/mol. The highest BCUT2D eigenvalue weighted by atomic mass is 35.5. The molecule has 3 N–H and O–H groups in total. The smallest absolute Gasteiger partial charge is 0.294 e. The minimum Gasteiger partial charge on any atom is -0.390 e. The second-order valence-electron chi connectivity index (χ2n) is 10.1. The van der Waals surface area contributed by atoms with E-state index in [2.05, 4.69) is 9.97 Å². The fourth-order valence-corrected chi connectivity index (χ4v) is 5.04. The van der Waals surface area contributed by atoms with Gasteiger partial charge in [0.15, 0.2) is 0 Å². The summed E-state index contributed by atoms with van der Waals surface area (Å²) in [6, 6.07) is 12.0. The molecule has 2 aromatic carbocycles. The first-order valence-electron chi connectivity index (χ1n) is 13.6. The summed E-state index contributed by atoms with van der Waals surface area (Å²) >= 11 is 5.58. The van der Waals surface area contributed by atoms with Crippen molar-refractivity contribution in [2.24, 2.45) is 0 Å². The van der Waals surface area contributed by atoms with Gasteiger partial charge in [-0.3, -0.25) is 39.3 Å². The van der Waals surface area contributed by atoms with Gasteiger partial charge in [0.1, 0.15) is 0 Å². The third kappa shape index (κ3) is 12.7. The molecule has 15 nitrogen and oxygen atoms in total. The van der Waals surface area contributed by atoms with Crippen LogP contribution in [-0.4, -0.2) is 50.9 Å². The van der Waals surface area contributed by atoms with E-state index in [9.17, 15) is 37.1 Å². The zero-order valence-corrected chi connectivity index (χ0v) is 29.2. The summed E-state index contributed by atoms with van der Waals surface area (Å²) in [5.74, 6) is 0.201. The van der Waals surface area contributed by atoms with E-state index in [1.54, 1.807) is 52.0 Å². The zero-order chi connectivity index (χ0) is 37.0. The fourth-order valence-electron chi connectivity index (χ4n) is 3.81. The van der Waals surface area contributed by atoms with Gasteiger partial charge in [-0.25, -0.2) is 0 Å². The van der Waals surface area contributed by atoms with Crippen LogP contribution in [0.15, 0.2) is 70.7 Å². The maximum atomic E-state index is 10.6. The van der Waals surface area contributed by atoms with Gasteiger partial charge in [0.25, 0.3) is 31.6 Å². The summed E-state index contributed by atoms with van der Waals surface area (Å²) in [5, 5.41) is 30.1. The molecule has 0 aliphatic rings. The highest BCUT2D eigenvalue weighted by Crippen LogP contribution is 2.25. The van der Waals surface area contributed by atoms with Crippen molar-refractivity contribution in [1.29, 1.82) is 0 Å². The number of benzene rings is 2. The lowest BCUT2D eigenvalue weighted by Gasteiger charge is -2.04. The van der Waals surface area contributed by atoms with Gasteiger partial charge in [0.2, 0.25) is 0 Å². The molecule has 0 saturated carbocycles. The van der Waals surface area contributed by atoms with Crippen molar-refractivity contribution in [3.8, 4) is 0 Å². The van der Waals surface area contributed by atoms with Crippen LogP contribution in [0, 0.1) is 61.8 Å². The highest BCUT2D eigenvalue weighted by molar-refractivity contribution is 7.86. The lowest BCUT2D eigenvalue weighted by atomic mass is 10.1. The Bertz CT molecular complexity index is 1810. The molecule has 260 valence electrons. The zero-order valence-electron chi connectivity index (χ0n) is 26.8. The van der Waals surface area contributed by atoms with Gasteiger partial charge in [0.05, 0.1) is 49.1 Å². The number of aromatic nitrogens is 2. The maximum Gasteiger partial charge on any atom is 0.294 e. The first kappa shape index (κ1) is 41.6. The molecule has 0 atom stereocenters. The van der Waals surface area contributed by atoms with Crippen molar-refractivity contribution in [2.75, 3.05) is 0 Å². The normalized spacial score (nSPS) is 10.7. The molecule has 2 heterocycles. The third-order valence-electron chi connectivity index (χ3n) is 6.43. The van der Waals surface area contributed by atoms with Gasteiger partial charge >= 0.3 is 0 Å². The SMILES string of the molecule is Cc1ccc(S(=O)(=O)O)cc1.Cc1ccc(S(=O)(=O)O)cc1.Cc1cnc(CCl)c(C)c1[N+](=O)[O-].Cc1cnc(CO)c(C)c1[N+](=O)[O-]. The van der Waals surface area contributed by atoms with Gasteiger partial charge < -0.3 is 5.11 Å². The molecular weight excluding hydrogens is 692 g/mol. The second kappa shape index (κ2) is 18.2. The maximum absolute atomic E-state index is 10.6. The molecule has 0 unspecified atom stereocenters. The molecule has 4 aromatic rings. The lowest BCUT2D eigenvalue weighted by Crippen LogP contribution is -2.01. The molecule has 0 bridgehead atoms. The molecule has 0 spiro atoms. The standard InChI is InChI=1S/C8H9ClN2O2.C8H10N2O3.2C7H8O3S/c1-5-4-10-7(3-9)6(2)8(5)11(12)13;1-5-3-9-7(4-11)6(2)8(5)10(12)13;2*1-6-2-4-7(5-3-6)11(8,9)10/h4H,3H2,1-2H3;3,11H,4H2,1-2H3;2*2-5H,1H3,(H,8,9,10). The van der Waals surface area contributed by atoms with Crippen LogP contribution in [0.2, 0.25) is 0 Å². The topological polar surface area (TPSA) is 241 Å². The number of nitro groups is 2. The summed E-state index contributed by atoms with van der Waals surface area (Å²) in [6.07, 6.45) is 2.87. The van der Waals surface area contributed by atoms with E-state index in [1.165, 1.54) is 36.7 Å². The van der Waals surface area contributed by atoms with E-state index in [0.717, 1.165) is 11.1 Å². The van der Waals surface area contributed by atoms with Crippen molar-refractivity contribution >= 4 is 43.2 Å². The average Bonchev–Trinajstić information content (AvgIpc) is 2.98. The number of hydrogen-bond donors (Lipinski definition) is 3.